The Balaban J connectivity index is 1.16. The molecule has 0 aliphatic carbocycles. The van der Waals surface area contributed by atoms with E-state index in [9.17, 15) is 153 Å². The lowest BCUT2D eigenvalue weighted by Gasteiger charge is -2.49. The van der Waals surface area contributed by atoms with Crippen LogP contribution in [-0.2, 0) is 80.6 Å². The number of ether oxygens (including phenoxy) is 16. The number of hydrogen-bond acceptors (Lipinski definition) is 46. The second kappa shape index (κ2) is 38.1. The van der Waals surface area contributed by atoms with Crippen LogP contribution < -0.4 is 5.32 Å². The van der Waals surface area contributed by atoms with E-state index in [4.69, 9.17) is 75.8 Å². The van der Waals surface area contributed by atoms with Crippen molar-refractivity contribution in [3.8, 4) is 0 Å². The van der Waals surface area contributed by atoms with Gasteiger partial charge in [-0.05, 0) is 0 Å². The highest BCUT2D eigenvalue weighted by atomic mass is 16.8. The molecule has 47 heteroatoms. The molecule has 0 bridgehead atoms. The van der Waals surface area contributed by atoms with Crippen molar-refractivity contribution >= 4 is 5.91 Å². The quantitative estimate of drug-likeness (QED) is 0.0318. The van der Waals surface area contributed by atoms with Gasteiger partial charge in [0.15, 0.2) is 50.3 Å². The third-order valence-electron chi connectivity index (χ3n) is 18.8. The fraction of sp³-hybridized carbons (Fsp3) is 0.982. The Morgan fingerprint density at radius 2 is 0.592 bits per heavy atom. The molecular formula is C56H97NO46. The average Bonchev–Trinajstić information content (AvgIpc) is 0.770. The summed E-state index contributed by atoms with van der Waals surface area (Å²) in [6.45, 7) is -10.3. The van der Waals surface area contributed by atoms with Gasteiger partial charge in [0.1, 0.15) is 214 Å². The Kier molecular flexibility index (Phi) is 31.9. The normalized spacial score (nSPS) is 49.1. The van der Waals surface area contributed by atoms with Crippen molar-refractivity contribution in [2.75, 3.05) is 66.1 Å². The molecule has 44 atom stereocenters. The van der Waals surface area contributed by atoms with E-state index in [2.05, 4.69) is 5.32 Å². The molecule has 0 saturated carbocycles. The van der Waals surface area contributed by atoms with Crippen molar-refractivity contribution in [1.82, 2.24) is 5.32 Å². The molecule has 0 aromatic carbocycles. The van der Waals surface area contributed by atoms with E-state index in [-0.39, 0.29) is 0 Å². The van der Waals surface area contributed by atoms with Gasteiger partial charge in [-0.2, -0.15) is 0 Å². The highest BCUT2D eigenvalue weighted by molar-refractivity contribution is 5.73. The summed E-state index contributed by atoms with van der Waals surface area (Å²) in [4.78, 5) is 12.2. The predicted octanol–water partition coefficient (Wildman–Crippen LogP) is -20.8. The molecule has 1 amide bonds. The van der Waals surface area contributed by atoms with Crippen molar-refractivity contribution in [3.05, 3.63) is 0 Å². The monoisotopic (exact) mass is 1520 g/mol. The van der Waals surface area contributed by atoms with E-state index in [0.717, 1.165) is 6.92 Å². The molecule has 8 aliphatic heterocycles. The van der Waals surface area contributed by atoms with Gasteiger partial charge in [-0.1, -0.05) is 0 Å². The van der Waals surface area contributed by atoms with Gasteiger partial charge in [-0.3, -0.25) is 4.79 Å². The van der Waals surface area contributed by atoms with E-state index < -0.39 is 342 Å². The smallest absolute Gasteiger partial charge is 0.217 e. The van der Waals surface area contributed by atoms with E-state index in [1.807, 2.05) is 0 Å². The lowest BCUT2D eigenvalue weighted by Crippen LogP contribution is -2.68. The van der Waals surface area contributed by atoms with Crippen LogP contribution in [-0.4, -0.2) is 490 Å². The van der Waals surface area contributed by atoms with Gasteiger partial charge in [0.25, 0.3) is 0 Å². The summed E-state index contributed by atoms with van der Waals surface area (Å²) >= 11 is 0. The van der Waals surface area contributed by atoms with Crippen LogP contribution >= 0.6 is 0 Å². The van der Waals surface area contributed by atoms with Crippen LogP contribution in [0.3, 0.4) is 0 Å². The minimum atomic E-state index is -2.55. The van der Waals surface area contributed by atoms with E-state index in [0.29, 0.717) is 0 Å². The summed E-state index contributed by atoms with van der Waals surface area (Å²) in [6, 6.07) is -1.75. The summed E-state index contributed by atoms with van der Waals surface area (Å²) < 4.78 is 92.5. The molecule has 0 aromatic heterocycles. The molecule has 8 aliphatic rings. The molecule has 0 aromatic rings. The molecule has 0 radical (unpaired) electrons. The van der Waals surface area contributed by atoms with Gasteiger partial charge in [-0.25, -0.2) is 0 Å². The number of rotatable bonds is 30. The van der Waals surface area contributed by atoms with Gasteiger partial charge in [-0.15, -0.1) is 0 Å². The van der Waals surface area contributed by atoms with Crippen molar-refractivity contribution in [2.24, 2.45) is 0 Å². The second-order valence-electron chi connectivity index (χ2n) is 25.8. The standard InChI is InChI=1S/C56H97NO46/c1-12(66)57-13(2-58)23(68)43(14(67)3-59)98-53-42(87)45(100-56-48(37(82)29(74)20(9-65)95-56)103-52-40(85)34(79)26(71)17(6-62)92-52)31(76)22(97-53)10-88-49-41(86)44(99-55-47(36(81)28(73)19(8-64)94-55)102-51-39(84)33(78)25(70)16(5-61)91-51)30(75)21(96-49)11-89-54-46(35(80)27(72)18(7-63)93-54)101-50-38(83)32(77)24(69)15(4-60)90-50/h13-56,58-65,67-87H,2-11H2,1H3,(H,57,66)/t13-,14+,15+,16+,17+,18+,19+,20+,21+,22+,23+,24+,25+,26+,27+,28+,29+,30+,31+,32-,33-,34-,35-,36-,37-,38-,39-,40-,41-,42-,43+,44-,45-,46-,47-,48-,49-,50+,51+,52+,53-,54-,55+,56+/m0/s1. The van der Waals surface area contributed by atoms with Crippen molar-refractivity contribution in [3.63, 3.8) is 0 Å². The number of carbonyl (C=O) groups is 1. The fourth-order valence-electron chi connectivity index (χ4n) is 12.7. The van der Waals surface area contributed by atoms with Crippen molar-refractivity contribution in [2.45, 2.75) is 277 Å². The molecule has 0 unspecified atom stereocenters. The molecule has 0 spiro atoms. The van der Waals surface area contributed by atoms with Gasteiger partial charge < -0.3 is 229 Å². The number of amides is 1. The van der Waals surface area contributed by atoms with Crippen LogP contribution in [0.2, 0.25) is 0 Å². The zero-order valence-corrected chi connectivity index (χ0v) is 54.4. The number of carbonyl (C=O) groups excluding carboxylic acids is 1. The van der Waals surface area contributed by atoms with Crippen LogP contribution in [0.25, 0.3) is 0 Å². The summed E-state index contributed by atoms with van der Waals surface area (Å²) in [5.74, 6) is -0.875. The van der Waals surface area contributed by atoms with Crippen molar-refractivity contribution < 1.29 is 229 Å². The number of aliphatic hydroxyl groups excluding tert-OH is 29. The molecule has 8 fully saturated rings. The maximum absolute atomic E-state index is 12.3. The van der Waals surface area contributed by atoms with Crippen LogP contribution in [0.4, 0.5) is 0 Å². The van der Waals surface area contributed by atoms with E-state index >= 15 is 0 Å². The molecule has 103 heavy (non-hydrogen) atoms. The molecule has 8 saturated heterocycles. The lowest BCUT2D eigenvalue weighted by molar-refractivity contribution is -0.399. The lowest BCUT2D eigenvalue weighted by atomic mass is 9.95. The average molecular weight is 1520 g/mol. The van der Waals surface area contributed by atoms with Gasteiger partial charge in [0.05, 0.1) is 72.1 Å². The largest absolute Gasteiger partial charge is 0.394 e. The zero-order chi connectivity index (χ0) is 76.1. The van der Waals surface area contributed by atoms with Crippen LogP contribution in [0, 0.1) is 0 Å². The number of aliphatic hydroxyl groups is 29. The Bertz CT molecular complexity index is 2530. The summed E-state index contributed by atoms with van der Waals surface area (Å²) in [6.07, 6.45) is -93.2. The molecular weight excluding hydrogens is 1420 g/mol. The minimum Gasteiger partial charge on any atom is -0.394 e. The SMILES string of the molecule is CC(=O)N[C@@H](CO)[C@@H](O)[C@H](O[C@@H]1O[C@H](CO[C@H]2O[C@H](CO[C@H]3O[C@H](CO)[C@@H](O)[C@H](O)[C@@H]3O[C@H]3O[C@H](CO)[C@@H](O)[C@H](O)[C@@H]3O)[C@@H](O)[C@H](O[C@H]3O[C@H](CO)[C@@H](O)[C@H](O)[C@@H]3O[C@H]3O[C@H](CO)[C@@H](O)[C@H](O)[C@@H]3O)[C@@H]2O)[C@@H](O)[C@H](O[C@H]2O[C@H](CO)[C@@H](O)[C@H](O)[C@@H]2O[C@H]2O[C@H](CO)[C@@H](O)[C@H](O)[C@@H]2O)[C@@H]1O)[C@H](O)CO. The van der Waals surface area contributed by atoms with Crippen molar-refractivity contribution in [1.29, 1.82) is 0 Å². The Morgan fingerprint density at radius 1 is 0.311 bits per heavy atom. The molecule has 30 N–H and O–H groups in total. The maximum Gasteiger partial charge on any atom is 0.217 e. The Morgan fingerprint density at radius 3 is 0.922 bits per heavy atom. The van der Waals surface area contributed by atoms with Gasteiger partial charge in [0, 0.05) is 6.92 Å². The third-order valence-corrected chi connectivity index (χ3v) is 18.8. The molecule has 47 nitrogen and oxygen atoms in total. The molecule has 8 rings (SSSR count). The fourth-order valence-corrected chi connectivity index (χ4v) is 12.7. The van der Waals surface area contributed by atoms with E-state index in [1.165, 1.54) is 0 Å². The second-order valence-corrected chi connectivity index (χ2v) is 25.8. The highest BCUT2D eigenvalue weighted by Crippen LogP contribution is 2.39. The summed E-state index contributed by atoms with van der Waals surface area (Å²) in [5, 5.41) is 318. The summed E-state index contributed by atoms with van der Waals surface area (Å²) in [7, 11) is 0. The first-order valence-electron chi connectivity index (χ1n) is 32.6. The topological polar surface area (TPSA) is 763 Å². The Labute approximate surface area is 581 Å². The minimum absolute atomic E-state index is 0.875. The van der Waals surface area contributed by atoms with Crippen LogP contribution in [0.5, 0.6) is 0 Å². The highest BCUT2D eigenvalue weighted by Gasteiger charge is 2.59. The van der Waals surface area contributed by atoms with Crippen LogP contribution in [0.15, 0.2) is 0 Å². The van der Waals surface area contributed by atoms with Crippen LogP contribution in [0.1, 0.15) is 6.92 Å². The summed E-state index contributed by atoms with van der Waals surface area (Å²) in [5.41, 5.74) is 0. The number of nitrogens with one attached hydrogen (secondary N) is 1. The van der Waals surface area contributed by atoms with Gasteiger partial charge >= 0.3 is 0 Å². The molecule has 602 valence electrons. The Hall–Kier alpha value is -2.33. The first kappa shape index (κ1) is 86.3. The predicted molar refractivity (Wildman–Crippen MR) is 311 cm³/mol. The van der Waals surface area contributed by atoms with E-state index in [1.54, 1.807) is 0 Å². The molecule has 8 heterocycles. The number of hydrogen-bond donors (Lipinski definition) is 30. The first-order valence-corrected chi connectivity index (χ1v) is 32.6. The first-order chi connectivity index (χ1) is 48.7. The maximum atomic E-state index is 12.3. The zero-order valence-electron chi connectivity index (χ0n) is 54.4. The van der Waals surface area contributed by atoms with Gasteiger partial charge in [0.2, 0.25) is 5.91 Å². The third kappa shape index (κ3) is 19.0.